The molecule has 0 aliphatic carbocycles. The first-order valence-electron chi connectivity index (χ1n) is 9.88. The summed E-state index contributed by atoms with van der Waals surface area (Å²) in [6.07, 6.45) is 2.93. The molecule has 2 amide bonds. The SMILES string of the molecule is Cc1ccc(C(=O)N/C(=C\c2ccco2)C(=O)NCc2nc(-c3ccccc3)no2)cc1. The lowest BCUT2D eigenvalue weighted by atomic mass is 10.1. The molecular formula is C24H20N4O4. The molecule has 0 unspecified atom stereocenters. The van der Waals surface area contributed by atoms with Gasteiger partial charge in [0, 0.05) is 17.2 Å². The summed E-state index contributed by atoms with van der Waals surface area (Å²) in [4.78, 5) is 29.7. The second-order valence-electron chi connectivity index (χ2n) is 6.95. The lowest BCUT2D eigenvalue weighted by molar-refractivity contribution is -0.118. The molecule has 2 aromatic carbocycles. The number of hydrogen-bond donors (Lipinski definition) is 2. The molecule has 2 heterocycles. The van der Waals surface area contributed by atoms with Crippen molar-refractivity contribution in [1.29, 1.82) is 0 Å². The van der Waals surface area contributed by atoms with Crippen LogP contribution >= 0.6 is 0 Å². The van der Waals surface area contributed by atoms with Gasteiger partial charge in [-0.2, -0.15) is 4.98 Å². The molecule has 0 fully saturated rings. The molecule has 0 spiro atoms. The van der Waals surface area contributed by atoms with Gasteiger partial charge in [0.25, 0.3) is 11.8 Å². The average molecular weight is 428 g/mol. The summed E-state index contributed by atoms with van der Waals surface area (Å²) >= 11 is 0. The number of furan rings is 1. The van der Waals surface area contributed by atoms with E-state index in [-0.39, 0.29) is 18.1 Å². The smallest absolute Gasteiger partial charge is 0.268 e. The molecule has 2 aromatic heterocycles. The van der Waals surface area contributed by atoms with Gasteiger partial charge in [0.15, 0.2) is 0 Å². The third-order valence-electron chi connectivity index (χ3n) is 4.54. The number of carbonyl (C=O) groups is 2. The molecule has 8 heteroatoms. The third-order valence-corrected chi connectivity index (χ3v) is 4.54. The molecular weight excluding hydrogens is 408 g/mol. The van der Waals surface area contributed by atoms with E-state index >= 15 is 0 Å². The fraction of sp³-hybridized carbons (Fsp3) is 0.0833. The van der Waals surface area contributed by atoms with Crippen molar-refractivity contribution in [3.05, 3.63) is 101 Å². The lowest BCUT2D eigenvalue weighted by Gasteiger charge is -2.10. The number of hydrogen-bond acceptors (Lipinski definition) is 6. The Hall–Kier alpha value is -4.46. The number of aryl methyl sites for hydroxylation is 1. The minimum atomic E-state index is -0.527. The number of carbonyl (C=O) groups excluding carboxylic acids is 2. The molecule has 8 nitrogen and oxygen atoms in total. The van der Waals surface area contributed by atoms with E-state index in [4.69, 9.17) is 8.94 Å². The van der Waals surface area contributed by atoms with E-state index in [0.29, 0.717) is 17.1 Å². The standard InChI is InChI=1S/C24H20N4O4/c1-16-9-11-18(12-10-16)23(29)26-20(14-19-8-5-13-31-19)24(30)25-15-21-27-22(28-32-21)17-6-3-2-4-7-17/h2-14H,15H2,1H3,(H,25,30)(H,26,29)/b20-14-. The summed E-state index contributed by atoms with van der Waals surface area (Å²) in [6.45, 7) is 1.92. The normalized spacial score (nSPS) is 11.2. The highest BCUT2D eigenvalue weighted by Crippen LogP contribution is 2.15. The van der Waals surface area contributed by atoms with E-state index < -0.39 is 11.8 Å². The Morgan fingerprint density at radius 3 is 2.50 bits per heavy atom. The molecule has 0 aliphatic heterocycles. The zero-order chi connectivity index (χ0) is 22.3. The van der Waals surface area contributed by atoms with Crippen LogP contribution in [0, 0.1) is 6.92 Å². The van der Waals surface area contributed by atoms with Gasteiger partial charge in [0.2, 0.25) is 11.7 Å². The van der Waals surface area contributed by atoms with Crippen LogP contribution in [0.25, 0.3) is 17.5 Å². The first-order valence-corrected chi connectivity index (χ1v) is 9.88. The number of aromatic nitrogens is 2. The van der Waals surface area contributed by atoms with Crippen molar-refractivity contribution in [2.45, 2.75) is 13.5 Å². The van der Waals surface area contributed by atoms with Gasteiger partial charge in [0.1, 0.15) is 11.5 Å². The summed E-state index contributed by atoms with van der Waals surface area (Å²) in [5.74, 6) is 0.139. The number of rotatable bonds is 7. The highest BCUT2D eigenvalue weighted by Gasteiger charge is 2.17. The Kier molecular flexibility index (Phi) is 6.22. The van der Waals surface area contributed by atoms with E-state index in [1.165, 1.54) is 12.3 Å². The molecule has 2 N–H and O–H groups in total. The summed E-state index contributed by atoms with van der Waals surface area (Å²) in [5.41, 5.74) is 2.28. The van der Waals surface area contributed by atoms with Crippen LogP contribution < -0.4 is 10.6 Å². The first-order chi connectivity index (χ1) is 15.6. The molecule has 160 valence electrons. The van der Waals surface area contributed by atoms with E-state index in [9.17, 15) is 9.59 Å². The van der Waals surface area contributed by atoms with Crippen LogP contribution in [0.15, 0.2) is 87.6 Å². The summed E-state index contributed by atoms with van der Waals surface area (Å²) < 4.78 is 10.5. The molecule has 0 bridgehead atoms. The van der Waals surface area contributed by atoms with Crippen LogP contribution in [0.2, 0.25) is 0 Å². The van der Waals surface area contributed by atoms with Gasteiger partial charge < -0.3 is 19.6 Å². The minimum absolute atomic E-state index is 0.00539. The largest absolute Gasteiger partial charge is 0.465 e. The van der Waals surface area contributed by atoms with Crippen LogP contribution in [0.4, 0.5) is 0 Å². The highest BCUT2D eigenvalue weighted by molar-refractivity contribution is 6.05. The number of nitrogens with zero attached hydrogens (tertiary/aromatic N) is 2. The molecule has 32 heavy (non-hydrogen) atoms. The fourth-order valence-corrected chi connectivity index (χ4v) is 2.86. The quantitative estimate of drug-likeness (QED) is 0.434. The summed E-state index contributed by atoms with van der Waals surface area (Å²) in [6, 6.07) is 19.7. The predicted octanol–water partition coefficient (Wildman–Crippen LogP) is 3.73. The summed E-state index contributed by atoms with van der Waals surface area (Å²) in [7, 11) is 0. The highest BCUT2D eigenvalue weighted by atomic mass is 16.5. The van der Waals surface area contributed by atoms with Crippen molar-refractivity contribution in [1.82, 2.24) is 20.8 Å². The lowest BCUT2D eigenvalue weighted by Crippen LogP contribution is -2.34. The predicted molar refractivity (Wildman–Crippen MR) is 117 cm³/mol. The van der Waals surface area contributed by atoms with Gasteiger partial charge in [0.05, 0.1) is 12.8 Å². The van der Waals surface area contributed by atoms with Gasteiger partial charge in [-0.3, -0.25) is 9.59 Å². The van der Waals surface area contributed by atoms with Gasteiger partial charge in [-0.25, -0.2) is 0 Å². The van der Waals surface area contributed by atoms with E-state index in [2.05, 4.69) is 20.8 Å². The Labute approximate surface area is 184 Å². The van der Waals surface area contributed by atoms with Crippen LogP contribution in [-0.2, 0) is 11.3 Å². The Morgan fingerprint density at radius 2 is 1.78 bits per heavy atom. The van der Waals surface area contributed by atoms with Crippen molar-refractivity contribution in [3.8, 4) is 11.4 Å². The Balaban J connectivity index is 1.46. The number of nitrogens with one attached hydrogen (secondary N) is 2. The molecule has 4 aromatic rings. The zero-order valence-electron chi connectivity index (χ0n) is 17.2. The second kappa shape index (κ2) is 9.57. The van der Waals surface area contributed by atoms with Gasteiger partial charge in [-0.05, 0) is 31.2 Å². The average Bonchev–Trinajstić information content (AvgIpc) is 3.50. The molecule has 4 rings (SSSR count). The van der Waals surface area contributed by atoms with Crippen molar-refractivity contribution >= 4 is 17.9 Å². The number of amides is 2. The molecule has 0 atom stereocenters. The van der Waals surface area contributed by atoms with Crippen molar-refractivity contribution < 1.29 is 18.5 Å². The van der Waals surface area contributed by atoms with Gasteiger partial charge in [-0.15, -0.1) is 0 Å². The van der Waals surface area contributed by atoms with Crippen LogP contribution in [0.1, 0.15) is 27.6 Å². The third kappa shape index (κ3) is 5.17. The number of benzene rings is 2. The van der Waals surface area contributed by atoms with Gasteiger partial charge >= 0.3 is 0 Å². The minimum Gasteiger partial charge on any atom is -0.465 e. The summed E-state index contributed by atoms with van der Waals surface area (Å²) in [5, 5.41) is 9.25. The maximum absolute atomic E-state index is 12.8. The monoisotopic (exact) mass is 428 g/mol. The van der Waals surface area contributed by atoms with Crippen molar-refractivity contribution in [3.63, 3.8) is 0 Å². The van der Waals surface area contributed by atoms with Gasteiger partial charge in [-0.1, -0.05) is 53.2 Å². The Morgan fingerprint density at radius 1 is 1.00 bits per heavy atom. The maximum Gasteiger partial charge on any atom is 0.268 e. The van der Waals surface area contributed by atoms with Crippen molar-refractivity contribution in [2.24, 2.45) is 0 Å². The molecule has 0 aliphatic rings. The van der Waals surface area contributed by atoms with Crippen molar-refractivity contribution in [2.75, 3.05) is 0 Å². The first kappa shape index (κ1) is 20.8. The Bertz CT molecular complexity index is 1230. The maximum atomic E-state index is 12.8. The molecule has 0 saturated carbocycles. The zero-order valence-corrected chi connectivity index (χ0v) is 17.2. The topological polar surface area (TPSA) is 110 Å². The second-order valence-corrected chi connectivity index (χ2v) is 6.95. The van der Waals surface area contributed by atoms with Crippen LogP contribution in [0.5, 0.6) is 0 Å². The van der Waals surface area contributed by atoms with E-state index in [0.717, 1.165) is 11.1 Å². The molecule has 0 saturated heterocycles. The van der Waals surface area contributed by atoms with Crippen LogP contribution in [0.3, 0.4) is 0 Å². The van der Waals surface area contributed by atoms with E-state index in [1.54, 1.807) is 24.3 Å². The van der Waals surface area contributed by atoms with Crippen LogP contribution in [-0.4, -0.2) is 22.0 Å². The molecule has 0 radical (unpaired) electrons. The fourth-order valence-electron chi connectivity index (χ4n) is 2.86. The van der Waals surface area contributed by atoms with E-state index in [1.807, 2.05) is 49.4 Å².